The summed E-state index contributed by atoms with van der Waals surface area (Å²) in [6.45, 7) is 1.95. The van der Waals surface area contributed by atoms with E-state index in [0.29, 0.717) is 17.7 Å². The highest BCUT2D eigenvalue weighted by Gasteiger charge is 2.26. The third kappa shape index (κ3) is 6.23. The molecule has 1 aromatic rings. The summed E-state index contributed by atoms with van der Waals surface area (Å²) < 4.78 is 35.9. The molecular weight excluding hydrogens is 293 g/mol. The van der Waals surface area contributed by atoms with Gasteiger partial charge in [0.2, 0.25) is 0 Å². The average molecular weight is 309 g/mol. The van der Waals surface area contributed by atoms with Crippen LogP contribution in [0.25, 0.3) is 0 Å². The van der Waals surface area contributed by atoms with Gasteiger partial charge in [-0.2, -0.15) is 13.2 Å². The van der Waals surface area contributed by atoms with Crippen molar-refractivity contribution in [2.24, 2.45) is 0 Å². The van der Waals surface area contributed by atoms with Crippen LogP contribution in [-0.4, -0.2) is 23.6 Å². The summed E-state index contributed by atoms with van der Waals surface area (Å²) in [6, 6.07) is 3.01. The zero-order valence-electron chi connectivity index (χ0n) is 11.1. The van der Waals surface area contributed by atoms with E-state index in [0.717, 1.165) is 6.42 Å². The zero-order valence-corrected chi connectivity index (χ0v) is 11.8. The Balaban J connectivity index is 2.55. The maximum atomic E-state index is 12.0. The number of hydrogen-bond donors (Lipinski definition) is 1. The lowest BCUT2D eigenvalue weighted by Gasteiger charge is -2.08. The number of rotatable bonds is 6. The summed E-state index contributed by atoms with van der Waals surface area (Å²) >= 11 is 5.81. The topological polar surface area (TPSA) is 42.0 Å². The predicted molar refractivity (Wildman–Crippen MR) is 70.9 cm³/mol. The van der Waals surface area contributed by atoms with Gasteiger partial charge >= 0.3 is 6.18 Å². The number of carbonyl (C=O) groups is 1. The fourth-order valence-electron chi connectivity index (χ4n) is 1.66. The first-order valence-electron chi connectivity index (χ1n) is 6.33. The van der Waals surface area contributed by atoms with Crippen molar-refractivity contribution in [3.05, 3.63) is 28.5 Å². The van der Waals surface area contributed by atoms with E-state index >= 15 is 0 Å². The Bertz CT molecular complexity index is 463. The maximum Gasteiger partial charge on any atom is 0.389 e. The molecule has 1 heterocycles. The molecule has 0 aliphatic rings. The van der Waals surface area contributed by atoms with Crippen LogP contribution < -0.4 is 5.32 Å². The van der Waals surface area contributed by atoms with E-state index in [4.69, 9.17) is 11.6 Å². The van der Waals surface area contributed by atoms with E-state index in [-0.39, 0.29) is 18.1 Å². The van der Waals surface area contributed by atoms with Crippen LogP contribution in [0.2, 0.25) is 5.15 Å². The molecule has 1 amide bonds. The zero-order chi connectivity index (χ0) is 15.2. The van der Waals surface area contributed by atoms with Gasteiger partial charge in [0.1, 0.15) is 5.15 Å². The quantitative estimate of drug-likeness (QED) is 0.642. The molecule has 0 aliphatic heterocycles. The number of amides is 1. The molecule has 0 unspecified atom stereocenters. The van der Waals surface area contributed by atoms with Crippen molar-refractivity contribution in [1.82, 2.24) is 10.3 Å². The van der Waals surface area contributed by atoms with Crippen LogP contribution in [0.15, 0.2) is 12.1 Å². The Morgan fingerprint density at radius 3 is 2.70 bits per heavy atom. The van der Waals surface area contributed by atoms with Crippen LogP contribution in [0.1, 0.15) is 42.2 Å². The van der Waals surface area contributed by atoms with E-state index in [1.54, 1.807) is 6.07 Å². The molecule has 112 valence electrons. The van der Waals surface area contributed by atoms with Crippen molar-refractivity contribution in [3.63, 3.8) is 0 Å². The molecule has 0 fully saturated rings. The number of nitrogens with one attached hydrogen (secondary N) is 1. The number of aromatic nitrogens is 1. The minimum Gasteiger partial charge on any atom is -0.352 e. The van der Waals surface area contributed by atoms with Crippen LogP contribution in [0.3, 0.4) is 0 Å². The van der Waals surface area contributed by atoms with Gasteiger partial charge in [-0.05, 0) is 25.0 Å². The van der Waals surface area contributed by atoms with Gasteiger partial charge in [0, 0.05) is 24.2 Å². The van der Waals surface area contributed by atoms with Crippen molar-refractivity contribution < 1.29 is 18.0 Å². The molecule has 1 aromatic heterocycles. The first-order valence-corrected chi connectivity index (χ1v) is 6.71. The number of alkyl halides is 3. The number of hydrogen-bond acceptors (Lipinski definition) is 2. The third-order valence-corrected chi connectivity index (χ3v) is 2.73. The van der Waals surface area contributed by atoms with Crippen molar-refractivity contribution >= 4 is 17.5 Å². The predicted octanol–water partition coefficient (Wildman–Crippen LogP) is 3.76. The molecule has 7 heteroatoms. The number of aryl methyl sites for hydroxylation is 1. The van der Waals surface area contributed by atoms with Gasteiger partial charge in [-0.1, -0.05) is 24.9 Å². The van der Waals surface area contributed by atoms with Gasteiger partial charge in [0.15, 0.2) is 0 Å². The summed E-state index contributed by atoms with van der Waals surface area (Å²) in [5, 5.41) is 2.65. The Morgan fingerprint density at radius 1 is 1.40 bits per heavy atom. The molecule has 0 bridgehead atoms. The van der Waals surface area contributed by atoms with Crippen molar-refractivity contribution in [2.75, 3.05) is 6.54 Å². The Hall–Kier alpha value is -1.30. The normalized spacial score (nSPS) is 11.4. The highest BCUT2D eigenvalue weighted by atomic mass is 35.5. The average Bonchev–Trinajstić information content (AvgIpc) is 2.33. The first-order chi connectivity index (χ1) is 9.31. The SMILES string of the molecule is CCCc1cc(C(=O)NCCCC(F)(F)F)cc(Cl)n1. The van der Waals surface area contributed by atoms with Gasteiger partial charge < -0.3 is 5.32 Å². The number of nitrogens with zero attached hydrogens (tertiary/aromatic N) is 1. The Kier molecular flexibility index (Phi) is 6.26. The van der Waals surface area contributed by atoms with Crippen LogP contribution in [-0.2, 0) is 6.42 Å². The van der Waals surface area contributed by atoms with Crippen molar-refractivity contribution in [1.29, 1.82) is 0 Å². The van der Waals surface area contributed by atoms with Gasteiger partial charge in [-0.25, -0.2) is 4.98 Å². The monoisotopic (exact) mass is 308 g/mol. The third-order valence-electron chi connectivity index (χ3n) is 2.54. The van der Waals surface area contributed by atoms with E-state index < -0.39 is 18.5 Å². The van der Waals surface area contributed by atoms with E-state index in [2.05, 4.69) is 10.3 Å². The summed E-state index contributed by atoms with van der Waals surface area (Å²) in [4.78, 5) is 15.9. The van der Waals surface area contributed by atoms with Crippen LogP contribution >= 0.6 is 11.6 Å². The molecule has 20 heavy (non-hydrogen) atoms. The molecule has 1 N–H and O–H groups in total. The van der Waals surface area contributed by atoms with Crippen LogP contribution in [0.5, 0.6) is 0 Å². The minimum atomic E-state index is -4.20. The molecule has 0 atom stereocenters. The molecule has 3 nitrogen and oxygen atoms in total. The lowest BCUT2D eigenvalue weighted by atomic mass is 10.1. The largest absolute Gasteiger partial charge is 0.389 e. The molecule has 0 aliphatic carbocycles. The Morgan fingerprint density at radius 2 is 2.10 bits per heavy atom. The number of halogens is 4. The van der Waals surface area contributed by atoms with Crippen molar-refractivity contribution in [3.8, 4) is 0 Å². The van der Waals surface area contributed by atoms with Crippen LogP contribution in [0, 0.1) is 0 Å². The molecule has 0 radical (unpaired) electrons. The molecule has 1 rings (SSSR count). The summed E-state index contributed by atoms with van der Waals surface area (Å²) in [6.07, 6.45) is -3.70. The fraction of sp³-hybridized carbons (Fsp3) is 0.538. The van der Waals surface area contributed by atoms with E-state index in [9.17, 15) is 18.0 Å². The smallest absolute Gasteiger partial charge is 0.352 e. The van der Waals surface area contributed by atoms with Gasteiger partial charge in [0.05, 0.1) is 0 Å². The van der Waals surface area contributed by atoms with Crippen LogP contribution in [0.4, 0.5) is 13.2 Å². The first kappa shape index (κ1) is 16.8. The second-order valence-corrected chi connectivity index (χ2v) is 4.78. The van der Waals surface area contributed by atoms with E-state index in [1.807, 2.05) is 6.92 Å². The second kappa shape index (κ2) is 7.47. The lowest BCUT2D eigenvalue weighted by molar-refractivity contribution is -0.135. The lowest BCUT2D eigenvalue weighted by Crippen LogP contribution is -2.25. The number of pyridine rings is 1. The Labute approximate surface area is 120 Å². The van der Waals surface area contributed by atoms with E-state index in [1.165, 1.54) is 6.07 Å². The van der Waals surface area contributed by atoms with Gasteiger partial charge in [0.25, 0.3) is 5.91 Å². The maximum absolute atomic E-state index is 12.0. The molecule has 0 saturated heterocycles. The summed E-state index contributed by atoms with van der Waals surface area (Å²) in [5.74, 6) is -0.436. The minimum absolute atomic E-state index is 0.0264. The summed E-state index contributed by atoms with van der Waals surface area (Å²) in [7, 11) is 0. The molecular formula is C13H16ClF3N2O. The van der Waals surface area contributed by atoms with Gasteiger partial charge in [-0.15, -0.1) is 0 Å². The second-order valence-electron chi connectivity index (χ2n) is 4.39. The molecule has 0 spiro atoms. The fourth-order valence-corrected chi connectivity index (χ4v) is 1.89. The standard InChI is InChI=1S/C13H16ClF3N2O/c1-2-4-10-7-9(8-11(14)19-10)12(20)18-6-3-5-13(15,16)17/h7-8H,2-6H2,1H3,(H,18,20). The highest BCUT2D eigenvalue weighted by molar-refractivity contribution is 6.29. The van der Waals surface area contributed by atoms with Gasteiger partial charge in [-0.3, -0.25) is 4.79 Å². The van der Waals surface area contributed by atoms with Crippen molar-refractivity contribution in [2.45, 2.75) is 38.8 Å². The molecule has 0 aromatic carbocycles. The molecule has 0 saturated carbocycles. The highest BCUT2D eigenvalue weighted by Crippen LogP contribution is 2.20. The summed E-state index contributed by atoms with van der Waals surface area (Å²) in [5.41, 5.74) is 1.01. The number of carbonyl (C=O) groups excluding carboxylic acids is 1.